The van der Waals surface area contributed by atoms with E-state index in [-0.39, 0.29) is 0 Å². The van der Waals surface area contributed by atoms with Gasteiger partial charge in [-0.1, -0.05) is 9.39 Å². The van der Waals surface area contributed by atoms with Crippen molar-refractivity contribution >= 4 is 27.1 Å². The van der Waals surface area contributed by atoms with Crippen LogP contribution in [0.5, 0.6) is 0 Å². The maximum absolute atomic E-state index is 12.3. The SMILES string of the molecule is C[C@H](N)C(=O)N[C@@H](C)C(=O)C(C(=O)O)N(P)C(CO)(CO)CO. The molecule has 0 aliphatic carbocycles. The van der Waals surface area contributed by atoms with Crippen LogP contribution in [-0.4, -0.2) is 86.2 Å². The predicted molar refractivity (Wildman–Crippen MR) is 83.2 cm³/mol. The highest BCUT2D eigenvalue weighted by molar-refractivity contribution is 7.13. The first-order valence-corrected chi connectivity index (χ1v) is 7.28. The summed E-state index contributed by atoms with van der Waals surface area (Å²) in [6.45, 7) is 0.316. The second-order valence-electron chi connectivity index (χ2n) is 5.27. The number of Topliss-reactive ketones (excluding diaryl/α,β-unsaturated/α-hetero) is 1. The van der Waals surface area contributed by atoms with Gasteiger partial charge in [0.15, 0.2) is 11.8 Å². The molecule has 0 radical (unpaired) electrons. The van der Waals surface area contributed by atoms with Crippen molar-refractivity contribution in [2.24, 2.45) is 5.73 Å². The molecule has 0 spiro atoms. The molecule has 134 valence electrons. The van der Waals surface area contributed by atoms with Crippen LogP contribution in [0.2, 0.25) is 0 Å². The van der Waals surface area contributed by atoms with Crippen LogP contribution in [0.15, 0.2) is 0 Å². The molecule has 2 unspecified atom stereocenters. The molecule has 0 saturated heterocycles. The normalized spacial score (nSPS) is 15.8. The van der Waals surface area contributed by atoms with Crippen molar-refractivity contribution in [1.82, 2.24) is 9.99 Å². The smallest absolute Gasteiger partial charge is 0.329 e. The molecule has 0 aliphatic heterocycles. The van der Waals surface area contributed by atoms with E-state index in [2.05, 4.69) is 5.32 Å². The average Bonchev–Trinajstić information content (AvgIpc) is 2.49. The number of aliphatic hydroxyl groups excluding tert-OH is 3. The zero-order valence-corrected chi connectivity index (χ0v) is 14.1. The Kier molecular flexibility index (Phi) is 8.75. The maximum Gasteiger partial charge on any atom is 0.329 e. The molecule has 0 aromatic rings. The summed E-state index contributed by atoms with van der Waals surface area (Å²) in [6.07, 6.45) is 0. The van der Waals surface area contributed by atoms with E-state index in [4.69, 9.17) is 5.73 Å². The summed E-state index contributed by atoms with van der Waals surface area (Å²) in [4.78, 5) is 35.3. The minimum absolute atomic E-state index is 0.636. The Labute approximate surface area is 135 Å². The van der Waals surface area contributed by atoms with Crippen molar-refractivity contribution in [1.29, 1.82) is 0 Å². The number of carbonyl (C=O) groups is 3. The summed E-state index contributed by atoms with van der Waals surface area (Å²) in [7, 11) is 1.91. The number of nitrogens with zero attached hydrogens (tertiary/aromatic N) is 1. The molecule has 0 aromatic heterocycles. The number of carbonyl (C=O) groups excluding carboxylic acids is 2. The molecule has 0 fully saturated rings. The lowest BCUT2D eigenvalue weighted by molar-refractivity contribution is -0.151. The molecule has 10 nitrogen and oxygen atoms in total. The van der Waals surface area contributed by atoms with Gasteiger partial charge in [-0.3, -0.25) is 19.1 Å². The summed E-state index contributed by atoms with van der Waals surface area (Å²) in [5, 5.41) is 39.6. The van der Waals surface area contributed by atoms with Crippen LogP contribution in [0.4, 0.5) is 0 Å². The Bertz CT molecular complexity index is 434. The number of nitrogens with two attached hydrogens (primary N) is 1. The number of hydrogen-bond donors (Lipinski definition) is 6. The van der Waals surface area contributed by atoms with Crippen LogP contribution in [0.1, 0.15) is 13.8 Å². The molecule has 0 aromatic carbocycles. The first kappa shape index (κ1) is 21.8. The number of hydrogen-bond acceptors (Lipinski definition) is 8. The first-order chi connectivity index (χ1) is 10.6. The van der Waals surface area contributed by atoms with Crippen molar-refractivity contribution in [2.75, 3.05) is 19.8 Å². The molecule has 23 heavy (non-hydrogen) atoms. The summed E-state index contributed by atoms with van der Waals surface area (Å²) < 4.78 is 0.798. The van der Waals surface area contributed by atoms with E-state index < -0.39 is 61.1 Å². The first-order valence-electron chi connectivity index (χ1n) is 6.77. The van der Waals surface area contributed by atoms with Gasteiger partial charge in [0.25, 0.3) is 0 Å². The van der Waals surface area contributed by atoms with Gasteiger partial charge in [0.2, 0.25) is 5.91 Å². The van der Waals surface area contributed by atoms with Gasteiger partial charge in [0.05, 0.1) is 37.4 Å². The Morgan fingerprint density at radius 3 is 1.91 bits per heavy atom. The molecule has 0 bridgehead atoms. The van der Waals surface area contributed by atoms with E-state index in [1.54, 1.807) is 0 Å². The summed E-state index contributed by atoms with van der Waals surface area (Å²) in [5.41, 5.74) is 3.62. The second kappa shape index (κ2) is 9.21. The third-order valence-electron chi connectivity index (χ3n) is 3.41. The van der Waals surface area contributed by atoms with Crippen LogP contribution in [0.3, 0.4) is 0 Å². The number of carboxylic acids is 1. The minimum atomic E-state index is -1.82. The highest BCUT2D eigenvalue weighted by Gasteiger charge is 2.44. The lowest BCUT2D eigenvalue weighted by atomic mass is 9.98. The Morgan fingerprint density at radius 2 is 1.61 bits per heavy atom. The van der Waals surface area contributed by atoms with E-state index in [0.29, 0.717) is 0 Å². The zero-order valence-electron chi connectivity index (χ0n) is 13.0. The lowest BCUT2D eigenvalue weighted by Crippen LogP contribution is -2.62. The lowest BCUT2D eigenvalue weighted by Gasteiger charge is -2.40. The number of aliphatic carboxylic acids is 1. The number of aliphatic hydroxyl groups is 3. The van der Waals surface area contributed by atoms with Gasteiger partial charge < -0.3 is 31.5 Å². The van der Waals surface area contributed by atoms with Gasteiger partial charge in [0.1, 0.15) is 0 Å². The molecule has 4 atom stereocenters. The van der Waals surface area contributed by atoms with Gasteiger partial charge in [-0.15, -0.1) is 0 Å². The van der Waals surface area contributed by atoms with E-state index in [0.717, 1.165) is 4.67 Å². The number of nitrogens with one attached hydrogen (secondary N) is 1. The van der Waals surface area contributed by atoms with Crippen LogP contribution in [0.25, 0.3) is 0 Å². The van der Waals surface area contributed by atoms with Gasteiger partial charge in [0, 0.05) is 0 Å². The van der Waals surface area contributed by atoms with Gasteiger partial charge >= 0.3 is 5.97 Å². The van der Waals surface area contributed by atoms with Crippen LogP contribution in [0, 0.1) is 0 Å². The van der Waals surface area contributed by atoms with Crippen LogP contribution in [-0.2, 0) is 14.4 Å². The topological polar surface area (TPSA) is 173 Å². The zero-order chi connectivity index (χ0) is 18.4. The third kappa shape index (κ3) is 5.17. The van der Waals surface area contributed by atoms with Gasteiger partial charge in [-0.2, -0.15) is 0 Å². The summed E-state index contributed by atoms with van der Waals surface area (Å²) in [6, 6.07) is -3.88. The van der Waals surface area contributed by atoms with Crippen molar-refractivity contribution in [3.05, 3.63) is 0 Å². The molecule has 11 heteroatoms. The van der Waals surface area contributed by atoms with E-state index in [1.165, 1.54) is 13.8 Å². The fourth-order valence-corrected chi connectivity index (χ4v) is 2.22. The van der Waals surface area contributed by atoms with Crippen molar-refractivity contribution in [3.8, 4) is 0 Å². The highest BCUT2D eigenvalue weighted by Crippen LogP contribution is 2.24. The Morgan fingerprint density at radius 1 is 1.17 bits per heavy atom. The molecule has 7 N–H and O–H groups in total. The van der Waals surface area contributed by atoms with Crippen molar-refractivity contribution < 1.29 is 34.8 Å². The standard InChI is InChI=1S/C12H24N3O7P/c1-6(13)10(20)14-7(2)9(19)8(11(21)22)15(23)12(3-16,4-17)5-18/h6-8,16-18H,3-5,13,23H2,1-2H3,(H,14,20)(H,21,22)/t6-,7-,8?/m0/s1. The van der Waals surface area contributed by atoms with E-state index in [1.807, 2.05) is 9.39 Å². The van der Waals surface area contributed by atoms with Crippen molar-refractivity contribution in [2.45, 2.75) is 37.5 Å². The van der Waals surface area contributed by atoms with E-state index >= 15 is 0 Å². The highest BCUT2D eigenvalue weighted by atomic mass is 31.0. The number of ketones is 1. The van der Waals surface area contributed by atoms with Gasteiger partial charge in [-0.05, 0) is 13.8 Å². The number of rotatable bonds is 10. The second-order valence-corrected chi connectivity index (χ2v) is 5.82. The summed E-state index contributed by atoms with van der Waals surface area (Å²) >= 11 is 0. The molecular weight excluding hydrogens is 329 g/mol. The molecular formula is C12H24N3O7P. The predicted octanol–water partition coefficient (Wildman–Crippen LogP) is -3.33. The molecule has 0 heterocycles. The Hall–Kier alpha value is -1.16. The largest absolute Gasteiger partial charge is 0.480 e. The molecule has 0 rings (SSSR count). The van der Waals surface area contributed by atoms with Crippen LogP contribution >= 0.6 is 9.39 Å². The molecule has 1 amide bonds. The summed E-state index contributed by atoms with van der Waals surface area (Å²) in [5.74, 6) is -3.10. The molecule has 0 saturated carbocycles. The monoisotopic (exact) mass is 353 g/mol. The maximum atomic E-state index is 12.3. The minimum Gasteiger partial charge on any atom is -0.480 e. The number of carboxylic acid groups (broad SMARTS) is 1. The average molecular weight is 353 g/mol. The molecule has 0 aliphatic rings. The fourth-order valence-electron chi connectivity index (χ4n) is 1.70. The van der Waals surface area contributed by atoms with Crippen LogP contribution < -0.4 is 11.1 Å². The van der Waals surface area contributed by atoms with E-state index in [9.17, 15) is 34.8 Å². The van der Waals surface area contributed by atoms with Gasteiger partial charge in [-0.25, -0.2) is 0 Å². The fraction of sp³-hybridized carbons (Fsp3) is 0.750. The quantitative estimate of drug-likeness (QED) is 0.173. The van der Waals surface area contributed by atoms with Crippen molar-refractivity contribution in [3.63, 3.8) is 0 Å². The number of amides is 1. The Balaban J connectivity index is 5.43. The third-order valence-corrected chi connectivity index (χ3v) is 4.26.